The first-order valence-electron chi connectivity index (χ1n) is 7.77. The zero-order valence-corrected chi connectivity index (χ0v) is 13.9. The summed E-state index contributed by atoms with van der Waals surface area (Å²) < 4.78 is 10.5. The van der Waals surface area contributed by atoms with Crippen molar-refractivity contribution in [2.24, 2.45) is 0 Å². The van der Waals surface area contributed by atoms with E-state index in [2.05, 4.69) is 5.32 Å². The molecule has 1 aromatic heterocycles. The molecule has 0 saturated carbocycles. The van der Waals surface area contributed by atoms with Crippen molar-refractivity contribution in [2.75, 3.05) is 12.4 Å². The molecule has 25 heavy (non-hydrogen) atoms. The number of rotatable bonds is 4. The van der Waals surface area contributed by atoms with Crippen LogP contribution in [-0.4, -0.2) is 13.0 Å². The summed E-state index contributed by atoms with van der Waals surface area (Å²) in [5.41, 5.74) is 1.11. The van der Waals surface area contributed by atoms with Crippen LogP contribution in [0.1, 0.15) is 22.8 Å². The van der Waals surface area contributed by atoms with Gasteiger partial charge in [-0.05, 0) is 37.3 Å². The Hall–Kier alpha value is -3.34. The number of methoxy groups -OCH3 is 1. The van der Waals surface area contributed by atoms with Crippen molar-refractivity contribution in [3.63, 3.8) is 0 Å². The number of amides is 1. The van der Waals surface area contributed by atoms with Crippen molar-refractivity contribution in [2.45, 2.75) is 6.92 Å². The second-order valence-electron chi connectivity index (χ2n) is 5.40. The van der Waals surface area contributed by atoms with E-state index in [1.807, 2.05) is 31.2 Å². The molecule has 2 aromatic carbocycles. The molecule has 3 aromatic rings. The molecule has 0 aliphatic carbocycles. The fraction of sp³-hybridized carbons (Fsp3) is 0.100. The van der Waals surface area contributed by atoms with Crippen LogP contribution in [0.15, 0.2) is 63.8 Å². The molecule has 0 fully saturated rings. The first-order chi connectivity index (χ1) is 12.1. The van der Waals surface area contributed by atoms with Gasteiger partial charge in [-0.25, -0.2) is 4.79 Å². The predicted molar refractivity (Wildman–Crippen MR) is 98.1 cm³/mol. The molecule has 5 nitrogen and oxygen atoms in total. The molecular weight excluding hydrogens is 318 g/mol. The fourth-order valence-corrected chi connectivity index (χ4v) is 2.51. The highest BCUT2D eigenvalue weighted by atomic mass is 16.5. The number of benzene rings is 2. The summed E-state index contributed by atoms with van der Waals surface area (Å²) in [5, 5.41) is 3.38. The van der Waals surface area contributed by atoms with E-state index in [1.54, 1.807) is 43.5 Å². The van der Waals surface area contributed by atoms with Crippen molar-refractivity contribution in [3.8, 4) is 5.75 Å². The van der Waals surface area contributed by atoms with Crippen molar-refractivity contribution in [3.05, 3.63) is 76.2 Å². The molecule has 0 bridgehead atoms. The third-order valence-corrected chi connectivity index (χ3v) is 3.73. The number of anilines is 1. The molecule has 3 rings (SSSR count). The van der Waals surface area contributed by atoms with E-state index in [0.29, 0.717) is 22.4 Å². The molecule has 0 aliphatic rings. The average Bonchev–Trinajstić information content (AvgIpc) is 2.62. The van der Waals surface area contributed by atoms with Crippen LogP contribution < -0.4 is 15.7 Å². The lowest BCUT2D eigenvalue weighted by Gasteiger charge is -2.07. The quantitative estimate of drug-likeness (QED) is 0.729. The number of carbonyl (C=O) groups excluding carboxylic acids is 1. The smallest absolute Gasteiger partial charge is 0.349 e. The van der Waals surface area contributed by atoms with Gasteiger partial charge in [-0.3, -0.25) is 4.79 Å². The third-order valence-electron chi connectivity index (χ3n) is 3.73. The number of carbonyl (C=O) groups is 1. The Morgan fingerprint density at radius 3 is 2.60 bits per heavy atom. The van der Waals surface area contributed by atoms with Gasteiger partial charge < -0.3 is 14.5 Å². The molecule has 0 aliphatic heterocycles. The molecule has 0 atom stereocenters. The Labute approximate surface area is 144 Å². The summed E-state index contributed by atoms with van der Waals surface area (Å²) in [6.45, 7) is 1.88. The van der Waals surface area contributed by atoms with E-state index < -0.39 is 11.5 Å². The Morgan fingerprint density at radius 2 is 1.92 bits per heavy atom. The molecule has 126 valence electrons. The van der Waals surface area contributed by atoms with Gasteiger partial charge >= 0.3 is 5.63 Å². The minimum atomic E-state index is -0.671. The van der Waals surface area contributed by atoms with Gasteiger partial charge in [0.15, 0.2) is 0 Å². The topological polar surface area (TPSA) is 68.5 Å². The average molecular weight is 335 g/mol. The fourth-order valence-electron chi connectivity index (χ4n) is 2.51. The summed E-state index contributed by atoms with van der Waals surface area (Å²) in [6.07, 6.45) is 3.71. The van der Waals surface area contributed by atoms with E-state index in [-0.39, 0.29) is 5.56 Å². The van der Waals surface area contributed by atoms with E-state index in [1.165, 1.54) is 0 Å². The number of hydrogen-bond donors (Lipinski definition) is 1. The molecule has 5 heteroatoms. The zero-order chi connectivity index (χ0) is 17.8. The van der Waals surface area contributed by atoms with Crippen LogP contribution in [0.25, 0.3) is 17.0 Å². The first-order valence-corrected chi connectivity index (χ1v) is 7.77. The summed E-state index contributed by atoms with van der Waals surface area (Å²) >= 11 is 0. The van der Waals surface area contributed by atoms with E-state index in [9.17, 15) is 9.59 Å². The summed E-state index contributed by atoms with van der Waals surface area (Å²) in [4.78, 5) is 24.7. The molecule has 1 N–H and O–H groups in total. The van der Waals surface area contributed by atoms with E-state index in [0.717, 1.165) is 5.56 Å². The van der Waals surface area contributed by atoms with E-state index >= 15 is 0 Å². The standard InChI is InChI=1S/C20H17NO4/c1-3-5-13-6-4-7-14-12-17(20(23)25-18(13)14)19(22)21-15-8-10-16(24-2)11-9-15/h3-12H,1-2H3,(H,21,22)/b5-3+. The Balaban J connectivity index is 1.96. The Bertz CT molecular complexity index is 1000. The molecule has 0 saturated heterocycles. The lowest BCUT2D eigenvalue weighted by atomic mass is 10.1. The Morgan fingerprint density at radius 1 is 1.16 bits per heavy atom. The lowest BCUT2D eigenvalue weighted by molar-refractivity contribution is 0.102. The Kier molecular flexibility index (Phi) is 4.66. The molecule has 0 radical (unpaired) electrons. The first kappa shape index (κ1) is 16.5. The minimum Gasteiger partial charge on any atom is -0.497 e. The number of para-hydroxylation sites is 1. The maximum absolute atomic E-state index is 12.4. The molecule has 1 amide bonds. The van der Waals surface area contributed by atoms with Crippen LogP contribution in [-0.2, 0) is 0 Å². The van der Waals surface area contributed by atoms with Crippen molar-refractivity contribution < 1.29 is 13.9 Å². The van der Waals surface area contributed by atoms with Crippen LogP contribution in [0.3, 0.4) is 0 Å². The second-order valence-corrected chi connectivity index (χ2v) is 5.40. The highest BCUT2D eigenvalue weighted by Crippen LogP contribution is 2.20. The van der Waals surface area contributed by atoms with Crippen LogP contribution in [0.5, 0.6) is 5.75 Å². The van der Waals surface area contributed by atoms with Gasteiger partial charge in [0.25, 0.3) is 5.91 Å². The van der Waals surface area contributed by atoms with Crippen molar-refractivity contribution in [1.82, 2.24) is 0 Å². The lowest BCUT2D eigenvalue weighted by Crippen LogP contribution is -2.20. The molecule has 1 heterocycles. The monoisotopic (exact) mass is 335 g/mol. The molecule has 0 spiro atoms. The maximum atomic E-state index is 12.4. The highest BCUT2D eigenvalue weighted by Gasteiger charge is 2.15. The van der Waals surface area contributed by atoms with Crippen LogP contribution in [0, 0.1) is 0 Å². The van der Waals surface area contributed by atoms with Gasteiger partial charge in [0.1, 0.15) is 16.9 Å². The number of nitrogens with one attached hydrogen (secondary N) is 1. The van der Waals surface area contributed by atoms with Crippen LogP contribution in [0.4, 0.5) is 5.69 Å². The normalized spacial score (nSPS) is 11.0. The largest absolute Gasteiger partial charge is 0.497 e. The van der Waals surface area contributed by atoms with Crippen LogP contribution >= 0.6 is 0 Å². The van der Waals surface area contributed by atoms with Gasteiger partial charge in [0.05, 0.1) is 7.11 Å². The van der Waals surface area contributed by atoms with Crippen molar-refractivity contribution >= 4 is 28.6 Å². The van der Waals surface area contributed by atoms with Crippen LogP contribution in [0.2, 0.25) is 0 Å². The summed E-state index contributed by atoms with van der Waals surface area (Å²) in [6, 6.07) is 13.9. The third kappa shape index (κ3) is 3.45. The van der Waals surface area contributed by atoms with Gasteiger partial charge in [-0.1, -0.05) is 30.4 Å². The predicted octanol–water partition coefficient (Wildman–Crippen LogP) is 4.09. The minimum absolute atomic E-state index is 0.0408. The van der Waals surface area contributed by atoms with Gasteiger partial charge in [-0.2, -0.15) is 0 Å². The number of hydrogen-bond acceptors (Lipinski definition) is 4. The summed E-state index contributed by atoms with van der Waals surface area (Å²) in [5.74, 6) is 0.164. The second kappa shape index (κ2) is 7.05. The van der Waals surface area contributed by atoms with Crippen molar-refractivity contribution in [1.29, 1.82) is 0 Å². The molecular formula is C20H17NO4. The zero-order valence-electron chi connectivity index (χ0n) is 13.9. The number of ether oxygens (including phenoxy) is 1. The number of fused-ring (bicyclic) bond motifs is 1. The molecule has 0 unspecified atom stereocenters. The number of allylic oxidation sites excluding steroid dienone is 1. The van der Waals surface area contributed by atoms with E-state index in [4.69, 9.17) is 9.15 Å². The van der Waals surface area contributed by atoms with Gasteiger partial charge in [-0.15, -0.1) is 0 Å². The maximum Gasteiger partial charge on any atom is 0.349 e. The van der Waals surface area contributed by atoms with Gasteiger partial charge in [0.2, 0.25) is 0 Å². The summed E-state index contributed by atoms with van der Waals surface area (Å²) in [7, 11) is 1.57. The SMILES string of the molecule is C/C=C/c1cccc2cc(C(=O)Nc3ccc(OC)cc3)c(=O)oc12. The van der Waals surface area contributed by atoms with Gasteiger partial charge in [0, 0.05) is 16.6 Å². The highest BCUT2D eigenvalue weighted by molar-refractivity contribution is 6.05.